The third-order valence-corrected chi connectivity index (χ3v) is 5.25. The van der Waals surface area contributed by atoms with Gasteiger partial charge in [-0.3, -0.25) is 0 Å². The third kappa shape index (κ3) is 6.36. The molecule has 0 radical (unpaired) electrons. The van der Waals surface area contributed by atoms with Crippen LogP contribution in [-0.4, -0.2) is 54.3 Å². The average molecular weight is 350 g/mol. The lowest BCUT2D eigenvalue weighted by atomic mass is 9.98. The van der Waals surface area contributed by atoms with E-state index >= 15 is 0 Å². The Morgan fingerprint density at radius 2 is 2.00 bits per heavy atom. The number of urea groups is 1. The molecule has 1 atom stereocenters. The molecule has 0 saturated carbocycles. The van der Waals surface area contributed by atoms with Gasteiger partial charge in [-0.25, -0.2) is 4.79 Å². The highest BCUT2D eigenvalue weighted by molar-refractivity contribution is 8.00. The van der Waals surface area contributed by atoms with Crippen LogP contribution in [0.2, 0.25) is 0 Å². The first-order valence-electron chi connectivity index (χ1n) is 8.73. The van der Waals surface area contributed by atoms with Crippen molar-refractivity contribution in [2.75, 3.05) is 39.0 Å². The molecule has 5 heteroatoms. The van der Waals surface area contributed by atoms with Crippen LogP contribution in [0.1, 0.15) is 33.6 Å². The fourth-order valence-electron chi connectivity index (χ4n) is 3.07. The molecule has 1 saturated heterocycles. The minimum Gasteiger partial charge on any atom is -0.327 e. The number of thioether (sulfide) groups is 1. The zero-order chi connectivity index (χ0) is 17.7. The van der Waals surface area contributed by atoms with Gasteiger partial charge in [-0.2, -0.15) is 0 Å². The van der Waals surface area contributed by atoms with Crippen LogP contribution in [-0.2, 0) is 0 Å². The summed E-state index contributed by atoms with van der Waals surface area (Å²) in [4.78, 5) is 17.8. The number of hydrogen-bond donors (Lipinski definition) is 1. The molecule has 2 amide bonds. The minimum atomic E-state index is -0.0283. The average Bonchev–Trinajstić information content (AvgIpc) is 2.47. The van der Waals surface area contributed by atoms with Crippen LogP contribution in [0.4, 0.5) is 10.5 Å². The van der Waals surface area contributed by atoms with Crippen molar-refractivity contribution >= 4 is 23.5 Å². The Bertz CT molecular complexity index is 539. The molecule has 1 heterocycles. The zero-order valence-electron chi connectivity index (χ0n) is 15.6. The van der Waals surface area contributed by atoms with E-state index in [1.54, 1.807) is 0 Å². The quantitative estimate of drug-likeness (QED) is 0.819. The van der Waals surface area contributed by atoms with Gasteiger partial charge in [-0.1, -0.05) is 20.8 Å². The van der Waals surface area contributed by atoms with Crippen LogP contribution in [0.25, 0.3) is 0 Å². The van der Waals surface area contributed by atoms with Crippen LogP contribution in [0, 0.1) is 5.92 Å². The number of nitrogens with one attached hydrogen (secondary N) is 1. The highest BCUT2D eigenvalue weighted by Crippen LogP contribution is 2.32. The predicted octanol–water partition coefficient (Wildman–Crippen LogP) is 4.38. The van der Waals surface area contributed by atoms with Gasteiger partial charge in [0.15, 0.2) is 0 Å². The van der Waals surface area contributed by atoms with Crippen molar-refractivity contribution in [1.82, 2.24) is 9.80 Å². The van der Waals surface area contributed by atoms with E-state index in [4.69, 9.17) is 0 Å². The highest BCUT2D eigenvalue weighted by atomic mass is 32.2. The Morgan fingerprint density at radius 1 is 1.33 bits per heavy atom. The lowest BCUT2D eigenvalue weighted by Crippen LogP contribution is -2.41. The van der Waals surface area contributed by atoms with E-state index in [0.717, 1.165) is 18.8 Å². The first-order valence-corrected chi connectivity index (χ1v) is 9.54. The van der Waals surface area contributed by atoms with Gasteiger partial charge in [0, 0.05) is 35.5 Å². The summed E-state index contributed by atoms with van der Waals surface area (Å²) < 4.78 is 0.193. The molecule has 0 bridgehead atoms. The molecule has 2 rings (SSSR count). The number of piperidine rings is 1. The summed E-state index contributed by atoms with van der Waals surface area (Å²) >= 11 is 1.83. The van der Waals surface area contributed by atoms with Crippen LogP contribution < -0.4 is 5.32 Å². The van der Waals surface area contributed by atoms with Gasteiger partial charge >= 0.3 is 6.03 Å². The van der Waals surface area contributed by atoms with E-state index in [9.17, 15) is 4.79 Å². The summed E-state index contributed by atoms with van der Waals surface area (Å²) in [6, 6.07) is 8.07. The zero-order valence-corrected chi connectivity index (χ0v) is 16.4. The number of amides is 2. The topological polar surface area (TPSA) is 35.6 Å². The molecule has 4 nitrogen and oxygen atoms in total. The molecule has 24 heavy (non-hydrogen) atoms. The minimum absolute atomic E-state index is 0.0283. The summed E-state index contributed by atoms with van der Waals surface area (Å²) in [7, 11) is 4.04. The molecule has 134 valence electrons. The summed E-state index contributed by atoms with van der Waals surface area (Å²) in [5.74, 6) is 0.574. The van der Waals surface area contributed by atoms with Crippen molar-refractivity contribution in [2.45, 2.75) is 43.3 Å². The number of hydrogen-bond acceptors (Lipinski definition) is 3. The fourth-order valence-corrected chi connectivity index (χ4v) is 4.05. The number of anilines is 1. The van der Waals surface area contributed by atoms with Gasteiger partial charge in [0.1, 0.15) is 0 Å². The monoisotopic (exact) mass is 349 g/mol. The van der Waals surface area contributed by atoms with Crippen LogP contribution >= 0.6 is 11.8 Å². The molecule has 1 aromatic carbocycles. The standard InChI is InChI=1S/C19H31N3OS/c1-19(2,3)24-17-10-8-16(9-11-17)20-18(23)22(5)14-15-7-6-12-21(4)13-15/h8-11,15H,6-7,12-14H2,1-5H3,(H,20,23). The van der Waals surface area contributed by atoms with Gasteiger partial charge in [0.25, 0.3) is 0 Å². The molecule has 1 aliphatic heterocycles. The first kappa shape index (κ1) is 19.1. The van der Waals surface area contributed by atoms with Crippen molar-refractivity contribution in [2.24, 2.45) is 5.92 Å². The fraction of sp³-hybridized carbons (Fsp3) is 0.632. The van der Waals surface area contributed by atoms with Gasteiger partial charge in [-0.15, -0.1) is 11.8 Å². The Morgan fingerprint density at radius 3 is 2.58 bits per heavy atom. The van der Waals surface area contributed by atoms with E-state index in [-0.39, 0.29) is 10.8 Å². The van der Waals surface area contributed by atoms with E-state index < -0.39 is 0 Å². The highest BCUT2D eigenvalue weighted by Gasteiger charge is 2.20. The molecule has 1 unspecified atom stereocenters. The van der Waals surface area contributed by atoms with Crippen LogP contribution in [0.15, 0.2) is 29.2 Å². The summed E-state index contributed by atoms with van der Waals surface area (Å²) in [5, 5.41) is 3.00. The van der Waals surface area contributed by atoms with E-state index in [1.165, 1.54) is 24.3 Å². The number of likely N-dealkylation sites (tertiary alicyclic amines) is 1. The van der Waals surface area contributed by atoms with Crippen LogP contribution in [0.5, 0.6) is 0 Å². The molecular weight excluding hydrogens is 318 g/mol. The van der Waals surface area contributed by atoms with Crippen molar-refractivity contribution in [3.05, 3.63) is 24.3 Å². The smallest absolute Gasteiger partial charge is 0.321 e. The number of carbonyl (C=O) groups is 1. The Labute approximate surface area is 151 Å². The second-order valence-electron chi connectivity index (χ2n) is 7.82. The molecular formula is C19H31N3OS. The summed E-state index contributed by atoms with van der Waals surface area (Å²) in [5.41, 5.74) is 0.853. The molecule has 0 spiro atoms. The molecule has 0 aromatic heterocycles. The second-order valence-corrected chi connectivity index (χ2v) is 9.72. The number of benzene rings is 1. The Kier molecular flexibility index (Phi) is 6.58. The van der Waals surface area contributed by atoms with E-state index in [2.05, 4.69) is 50.2 Å². The van der Waals surface area contributed by atoms with Crippen molar-refractivity contribution in [1.29, 1.82) is 0 Å². The largest absolute Gasteiger partial charge is 0.327 e. The van der Waals surface area contributed by atoms with Crippen molar-refractivity contribution in [3.8, 4) is 0 Å². The second kappa shape index (κ2) is 8.26. The maximum Gasteiger partial charge on any atom is 0.321 e. The number of nitrogens with zero attached hydrogens (tertiary/aromatic N) is 2. The molecule has 1 aliphatic rings. The van der Waals surface area contributed by atoms with Gasteiger partial charge in [0.05, 0.1) is 0 Å². The first-order chi connectivity index (χ1) is 11.2. The number of carbonyl (C=O) groups excluding carboxylic acids is 1. The maximum atomic E-state index is 12.4. The molecule has 1 fully saturated rings. The Hall–Kier alpha value is -1.20. The lowest BCUT2D eigenvalue weighted by Gasteiger charge is -2.32. The van der Waals surface area contributed by atoms with Gasteiger partial charge in [0.2, 0.25) is 0 Å². The van der Waals surface area contributed by atoms with E-state index in [0.29, 0.717) is 5.92 Å². The van der Waals surface area contributed by atoms with Crippen LogP contribution in [0.3, 0.4) is 0 Å². The van der Waals surface area contributed by atoms with Gasteiger partial charge in [-0.05, 0) is 56.6 Å². The normalized spacial score (nSPS) is 19.1. The van der Waals surface area contributed by atoms with Crippen molar-refractivity contribution in [3.63, 3.8) is 0 Å². The van der Waals surface area contributed by atoms with Crippen molar-refractivity contribution < 1.29 is 4.79 Å². The maximum absolute atomic E-state index is 12.4. The van der Waals surface area contributed by atoms with E-state index in [1.807, 2.05) is 35.8 Å². The molecule has 1 aromatic rings. The third-order valence-electron chi connectivity index (χ3n) is 4.13. The summed E-state index contributed by atoms with van der Waals surface area (Å²) in [6.45, 7) is 9.66. The number of rotatable bonds is 4. The SMILES string of the molecule is CN1CCCC(CN(C)C(=O)Nc2ccc(SC(C)(C)C)cc2)C1. The molecule has 1 N–H and O–H groups in total. The Balaban J connectivity index is 1.84. The van der Waals surface area contributed by atoms with Gasteiger partial charge < -0.3 is 15.1 Å². The lowest BCUT2D eigenvalue weighted by molar-refractivity contribution is 0.170. The summed E-state index contributed by atoms with van der Waals surface area (Å²) in [6.07, 6.45) is 2.43. The predicted molar refractivity (Wildman–Crippen MR) is 104 cm³/mol. The molecule has 0 aliphatic carbocycles.